The van der Waals surface area contributed by atoms with E-state index in [1.54, 1.807) is 24.9 Å². The maximum absolute atomic E-state index is 10.6. The first kappa shape index (κ1) is 24.1. The smallest absolute Gasteiger partial charge is 0.320 e. The van der Waals surface area contributed by atoms with Crippen LogP contribution < -0.4 is 5.73 Å². The first-order valence-corrected chi connectivity index (χ1v) is 9.56. The van der Waals surface area contributed by atoms with E-state index in [4.69, 9.17) is 22.4 Å². The fourth-order valence-corrected chi connectivity index (χ4v) is 2.59. The van der Waals surface area contributed by atoms with Gasteiger partial charge < -0.3 is 15.9 Å². The molecule has 1 aromatic heterocycles. The SMILES string of the molecule is CC(C)(C)[C@H](O)[C@H](Cc1ccc(Cl)cc1)n1cncn1.CC(C)[C@H](N)C(=O)O. The van der Waals surface area contributed by atoms with E-state index in [-0.39, 0.29) is 17.4 Å². The Morgan fingerprint density at radius 3 is 2.18 bits per heavy atom. The fourth-order valence-electron chi connectivity index (χ4n) is 2.46. The highest BCUT2D eigenvalue weighted by molar-refractivity contribution is 6.30. The van der Waals surface area contributed by atoms with Crippen LogP contribution in [0.3, 0.4) is 0 Å². The van der Waals surface area contributed by atoms with Gasteiger partial charge in [0.2, 0.25) is 0 Å². The van der Waals surface area contributed by atoms with E-state index in [1.165, 1.54) is 6.33 Å². The van der Waals surface area contributed by atoms with Crippen LogP contribution in [0.2, 0.25) is 5.02 Å². The molecule has 0 amide bonds. The maximum atomic E-state index is 10.6. The molecule has 7 nitrogen and oxygen atoms in total. The molecule has 1 aromatic carbocycles. The lowest BCUT2D eigenvalue weighted by atomic mass is 9.82. The minimum absolute atomic E-state index is 0.0208. The molecule has 1 heterocycles. The van der Waals surface area contributed by atoms with Crippen LogP contribution in [-0.2, 0) is 11.2 Å². The van der Waals surface area contributed by atoms with Gasteiger partial charge in [-0.2, -0.15) is 5.10 Å². The zero-order valence-corrected chi connectivity index (χ0v) is 17.8. The van der Waals surface area contributed by atoms with Gasteiger partial charge in [-0.05, 0) is 35.4 Å². The first-order valence-electron chi connectivity index (χ1n) is 9.18. The number of rotatable bonds is 6. The van der Waals surface area contributed by atoms with E-state index in [0.717, 1.165) is 5.56 Å². The summed E-state index contributed by atoms with van der Waals surface area (Å²) in [6.07, 6.45) is 3.29. The van der Waals surface area contributed by atoms with Gasteiger partial charge in [0.1, 0.15) is 18.7 Å². The Labute approximate surface area is 171 Å². The van der Waals surface area contributed by atoms with Crippen LogP contribution in [0.4, 0.5) is 0 Å². The number of hydrogen-bond donors (Lipinski definition) is 3. The van der Waals surface area contributed by atoms with E-state index in [1.807, 2.05) is 45.0 Å². The highest BCUT2D eigenvalue weighted by Crippen LogP contribution is 2.30. The fraction of sp³-hybridized carbons (Fsp3) is 0.550. The van der Waals surface area contributed by atoms with Crippen molar-refractivity contribution in [2.24, 2.45) is 17.1 Å². The van der Waals surface area contributed by atoms with E-state index in [9.17, 15) is 9.90 Å². The van der Waals surface area contributed by atoms with Crippen LogP contribution in [-0.4, -0.2) is 43.1 Å². The normalized spacial score (nSPS) is 14.8. The molecule has 0 saturated heterocycles. The molecular formula is C20H31ClN4O3. The van der Waals surface area contributed by atoms with Crippen LogP contribution in [0.15, 0.2) is 36.9 Å². The average Bonchev–Trinajstić information content (AvgIpc) is 3.14. The minimum Gasteiger partial charge on any atom is -0.480 e. The number of aliphatic carboxylic acids is 1. The minimum atomic E-state index is -0.931. The van der Waals surface area contributed by atoms with E-state index in [0.29, 0.717) is 11.4 Å². The van der Waals surface area contributed by atoms with Crippen molar-refractivity contribution in [1.82, 2.24) is 14.8 Å². The molecule has 0 unspecified atom stereocenters. The summed E-state index contributed by atoms with van der Waals surface area (Å²) < 4.78 is 1.73. The summed E-state index contributed by atoms with van der Waals surface area (Å²) in [5.41, 5.74) is 6.04. The molecule has 4 N–H and O–H groups in total. The number of nitrogens with zero attached hydrogens (tertiary/aromatic N) is 3. The molecule has 0 aliphatic carbocycles. The average molecular weight is 411 g/mol. The molecule has 8 heteroatoms. The number of hydrogen-bond acceptors (Lipinski definition) is 5. The van der Waals surface area contributed by atoms with Gasteiger partial charge >= 0.3 is 5.97 Å². The summed E-state index contributed by atoms with van der Waals surface area (Å²) >= 11 is 5.91. The molecule has 2 aromatic rings. The van der Waals surface area contributed by atoms with Crippen molar-refractivity contribution in [3.63, 3.8) is 0 Å². The Morgan fingerprint density at radius 2 is 1.82 bits per heavy atom. The van der Waals surface area contributed by atoms with Gasteiger partial charge in [-0.15, -0.1) is 0 Å². The molecule has 0 radical (unpaired) electrons. The summed E-state index contributed by atoms with van der Waals surface area (Å²) in [5, 5.41) is 23.7. The number of benzene rings is 1. The van der Waals surface area contributed by atoms with Crippen molar-refractivity contribution in [3.05, 3.63) is 47.5 Å². The number of aliphatic hydroxyl groups is 1. The highest BCUT2D eigenvalue weighted by Gasteiger charge is 2.32. The van der Waals surface area contributed by atoms with Crippen molar-refractivity contribution >= 4 is 17.6 Å². The Kier molecular flexibility index (Phi) is 9.07. The van der Waals surface area contributed by atoms with Gasteiger partial charge in [-0.1, -0.05) is 58.4 Å². The second kappa shape index (κ2) is 10.5. The standard InChI is InChI=1S/C15H20ClN3O.C5H11NO2/c1-15(2,3)14(20)13(19-10-17-9-18-19)8-11-4-6-12(16)7-5-11;1-3(2)4(6)5(7)8/h4-7,9-10,13-14,20H,8H2,1-3H3;3-4H,6H2,1-2H3,(H,7,8)/t13-,14+;4-/m00/s1. The second-order valence-electron chi connectivity index (χ2n) is 8.19. The molecule has 0 aliphatic rings. The zero-order chi connectivity index (χ0) is 21.5. The van der Waals surface area contributed by atoms with Gasteiger partial charge in [-0.25, -0.2) is 9.67 Å². The van der Waals surface area contributed by atoms with E-state index >= 15 is 0 Å². The summed E-state index contributed by atoms with van der Waals surface area (Å²) in [6, 6.07) is 6.80. The number of aliphatic hydroxyl groups excluding tert-OH is 1. The number of halogens is 1. The van der Waals surface area contributed by atoms with Gasteiger partial charge in [0.05, 0.1) is 12.1 Å². The van der Waals surface area contributed by atoms with Crippen molar-refractivity contribution in [3.8, 4) is 0 Å². The van der Waals surface area contributed by atoms with Crippen molar-refractivity contribution in [1.29, 1.82) is 0 Å². The predicted octanol–water partition coefficient (Wildman–Crippen LogP) is 3.18. The summed E-state index contributed by atoms with van der Waals surface area (Å²) in [7, 11) is 0. The summed E-state index contributed by atoms with van der Waals surface area (Å²) in [6.45, 7) is 9.61. The third-order valence-electron chi connectivity index (χ3n) is 4.39. The Bertz CT molecular complexity index is 712. The largest absolute Gasteiger partial charge is 0.480 e. The van der Waals surface area contributed by atoms with E-state index in [2.05, 4.69) is 10.1 Å². The Balaban J connectivity index is 0.000000416. The van der Waals surface area contributed by atoms with Gasteiger partial charge in [0.15, 0.2) is 0 Å². The summed E-state index contributed by atoms with van der Waals surface area (Å²) in [5.74, 6) is -0.910. The van der Waals surface area contributed by atoms with Crippen molar-refractivity contribution in [2.75, 3.05) is 0 Å². The van der Waals surface area contributed by atoms with Gasteiger partial charge in [0.25, 0.3) is 0 Å². The number of aromatic nitrogens is 3. The lowest BCUT2D eigenvalue weighted by molar-refractivity contribution is -0.139. The van der Waals surface area contributed by atoms with Crippen LogP contribution >= 0.6 is 11.6 Å². The molecular weight excluding hydrogens is 380 g/mol. The lowest BCUT2D eigenvalue weighted by Gasteiger charge is -2.33. The van der Waals surface area contributed by atoms with Crippen LogP contribution in [0, 0.1) is 11.3 Å². The Hall–Kier alpha value is -1.96. The lowest BCUT2D eigenvalue weighted by Crippen LogP contribution is -2.37. The number of carboxylic acid groups (broad SMARTS) is 1. The van der Waals surface area contributed by atoms with Crippen LogP contribution in [0.5, 0.6) is 0 Å². The number of carbonyl (C=O) groups is 1. The maximum Gasteiger partial charge on any atom is 0.320 e. The number of carboxylic acids is 1. The summed E-state index contributed by atoms with van der Waals surface area (Å²) in [4.78, 5) is 14.0. The molecule has 3 atom stereocenters. The van der Waals surface area contributed by atoms with Gasteiger partial charge in [0, 0.05) is 5.02 Å². The molecule has 0 saturated carbocycles. The molecule has 2 rings (SSSR count). The second-order valence-corrected chi connectivity index (χ2v) is 8.63. The Morgan fingerprint density at radius 1 is 1.25 bits per heavy atom. The van der Waals surface area contributed by atoms with Crippen molar-refractivity contribution < 1.29 is 15.0 Å². The quantitative estimate of drug-likeness (QED) is 0.673. The molecule has 28 heavy (non-hydrogen) atoms. The monoisotopic (exact) mass is 410 g/mol. The number of nitrogens with two attached hydrogens (primary N) is 1. The molecule has 0 aliphatic heterocycles. The first-order chi connectivity index (χ1) is 12.9. The molecule has 0 fully saturated rings. The van der Waals surface area contributed by atoms with E-state index < -0.39 is 18.1 Å². The van der Waals surface area contributed by atoms with Crippen LogP contribution in [0.1, 0.15) is 46.2 Å². The topological polar surface area (TPSA) is 114 Å². The van der Waals surface area contributed by atoms with Crippen molar-refractivity contribution in [2.45, 2.75) is 59.2 Å². The molecule has 0 bridgehead atoms. The zero-order valence-electron chi connectivity index (χ0n) is 17.1. The van der Waals surface area contributed by atoms with Crippen LogP contribution in [0.25, 0.3) is 0 Å². The third kappa shape index (κ3) is 7.58. The van der Waals surface area contributed by atoms with Gasteiger partial charge in [-0.3, -0.25) is 4.79 Å². The molecule has 156 valence electrons. The predicted molar refractivity (Wildman–Crippen MR) is 110 cm³/mol. The molecule has 0 spiro atoms. The highest BCUT2D eigenvalue weighted by atomic mass is 35.5. The third-order valence-corrected chi connectivity index (χ3v) is 4.64.